The van der Waals surface area contributed by atoms with Crippen LogP contribution in [0.1, 0.15) is 4.88 Å². The highest BCUT2D eigenvalue weighted by Gasteiger charge is 2.34. The minimum Gasteiger partial charge on any atom is -0.379 e. The lowest BCUT2D eigenvalue weighted by Gasteiger charge is -2.11. The molecule has 0 saturated heterocycles. The van der Waals surface area contributed by atoms with E-state index in [9.17, 15) is 13.2 Å². The van der Waals surface area contributed by atoms with E-state index in [1.54, 1.807) is 12.1 Å². The van der Waals surface area contributed by atoms with Crippen LogP contribution in [0, 0.1) is 0 Å². The number of nitrogens with zero attached hydrogens (tertiary/aromatic N) is 1. The van der Waals surface area contributed by atoms with Gasteiger partial charge in [0.2, 0.25) is 0 Å². The number of hydrogen-bond donors (Lipinski definition) is 1. The molecule has 1 aromatic rings. The van der Waals surface area contributed by atoms with E-state index in [1.165, 1.54) is 11.3 Å². The van der Waals surface area contributed by atoms with Crippen molar-refractivity contribution in [2.45, 2.75) is 6.18 Å². The Morgan fingerprint density at radius 3 is 2.81 bits per heavy atom. The van der Waals surface area contributed by atoms with E-state index in [4.69, 9.17) is 0 Å². The van der Waals surface area contributed by atoms with Gasteiger partial charge < -0.3 is 5.32 Å². The van der Waals surface area contributed by atoms with E-state index in [0.29, 0.717) is 12.3 Å². The highest BCUT2D eigenvalue weighted by atomic mass is 32.1. The smallest absolute Gasteiger partial charge is 0.379 e. The van der Waals surface area contributed by atoms with Gasteiger partial charge in [-0.05, 0) is 17.5 Å². The fraction of sp³-hybridized carbons (Fsp3) is 0.300. The van der Waals surface area contributed by atoms with Crippen LogP contribution in [-0.4, -0.2) is 25.0 Å². The Bertz CT molecular complexity index is 418. The first-order valence-electron chi connectivity index (χ1n) is 4.68. The molecule has 86 valence electrons. The Morgan fingerprint density at radius 1 is 1.38 bits per heavy atom. The summed E-state index contributed by atoms with van der Waals surface area (Å²) in [6.07, 6.45) is -3.28. The van der Waals surface area contributed by atoms with Gasteiger partial charge in [0.15, 0.2) is 0 Å². The van der Waals surface area contributed by atoms with Gasteiger partial charge in [-0.3, -0.25) is 4.99 Å². The molecule has 0 radical (unpaired) electrons. The molecular formula is C10H9F3N2S. The molecule has 0 unspecified atom stereocenters. The van der Waals surface area contributed by atoms with Crippen molar-refractivity contribution in [1.29, 1.82) is 0 Å². The van der Waals surface area contributed by atoms with Crippen LogP contribution in [0.4, 0.5) is 13.2 Å². The Kier molecular flexibility index (Phi) is 3.00. The van der Waals surface area contributed by atoms with Gasteiger partial charge in [0.05, 0.1) is 17.1 Å². The van der Waals surface area contributed by atoms with Crippen LogP contribution in [0.15, 0.2) is 34.3 Å². The number of alkyl halides is 3. The van der Waals surface area contributed by atoms with E-state index in [0.717, 1.165) is 11.0 Å². The zero-order valence-corrected chi connectivity index (χ0v) is 9.03. The van der Waals surface area contributed by atoms with Crippen molar-refractivity contribution >= 4 is 17.0 Å². The van der Waals surface area contributed by atoms with Crippen molar-refractivity contribution in [1.82, 2.24) is 5.32 Å². The maximum Gasteiger partial charge on any atom is 0.430 e. The molecule has 0 spiro atoms. The average Bonchev–Trinajstić information content (AvgIpc) is 2.60. The minimum atomic E-state index is -4.34. The molecule has 1 aromatic heterocycles. The van der Waals surface area contributed by atoms with Gasteiger partial charge in [0.1, 0.15) is 5.70 Å². The molecule has 0 bridgehead atoms. The standard InChI is InChI=1S/C10H9F3N2S/c11-10(12,13)9-6-7(14-3-4-15-9)8-2-1-5-16-8/h1-2,5-6,15H,3-4H2. The van der Waals surface area contributed by atoms with Crippen LogP contribution >= 0.6 is 11.3 Å². The fourth-order valence-electron chi connectivity index (χ4n) is 1.36. The van der Waals surface area contributed by atoms with Gasteiger partial charge in [-0.25, -0.2) is 0 Å². The molecule has 0 aromatic carbocycles. The fourth-order valence-corrected chi connectivity index (χ4v) is 2.06. The third-order valence-electron chi connectivity index (χ3n) is 2.07. The van der Waals surface area contributed by atoms with Crippen molar-refractivity contribution in [2.24, 2.45) is 4.99 Å². The summed E-state index contributed by atoms with van der Waals surface area (Å²) in [7, 11) is 0. The van der Waals surface area contributed by atoms with Crippen LogP contribution in [0.5, 0.6) is 0 Å². The van der Waals surface area contributed by atoms with Gasteiger partial charge in [-0.15, -0.1) is 11.3 Å². The molecule has 1 N–H and O–H groups in total. The zero-order chi connectivity index (χ0) is 11.6. The second-order valence-electron chi connectivity index (χ2n) is 3.23. The Morgan fingerprint density at radius 2 is 2.19 bits per heavy atom. The van der Waals surface area contributed by atoms with Crippen molar-refractivity contribution < 1.29 is 13.2 Å². The zero-order valence-electron chi connectivity index (χ0n) is 8.21. The monoisotopic (exact) mass is 246 g/mol. The summed E-state index contributed by atoms with van der Waals surface area (Å²) < 4.78 is 37.7. The van der Waals surface area contributed by atoms with Crippen LogP contribution in [0.25, 0.3) is 0 Å². The topological polar surface area (TPSA) is 24.4 Å². The molecule has 0 saturated carbocycles. The number of thiophene rings is 1. The number of allylic oxidation sites excluding steroid dienone is 2. The Balaban J connectivity index is 2.34. The molecule has 0 amide bonds. The third kappa shape index (κ3) is 2.44. The molecule has 2 rings (SSSR count). The number of halogens is 3. The molecule has 0 atom stereocenters. The van der Waals surface area contributed by atoms with Gasteiger partial charge in [-0.1, -0.05) is 6.07 Å². The van der Waals surface area contributed by atoms with Gasteiger partial charge in [-0.2, -0.15) is 13.2 Å². The molecule has 6 heteroatoms. The SMILES string of the molecule is FC(F)(F)C1=CC(c2cccs2)=NCCN1. The molecular weight excluding hydrogens is 237 g/mol. The van der Waals surface area contributed by atoms with Crippen LogP contribution in [-0.2, 0) is 0 Å². The number of nitrogens with one attached hydrogen (secondary N) is 1. The lowest BCUT2D eigenvalue weighted by Crippen LogP contribution is -2.27. The molecule has 0 aliphatic carbocycles. The number of hydrogen-bond acceptors (Lipinski definition) is 3. The predicted octanol–water partition coefficient (Wildman–Crippen LogP) is 2.59. The highest BCUT2D eigenvalue weighted by Crippen LogP contribution is 2.25. The van der Waals surface area contributed by atoms with E-state index < -0.39 is 11.9 Å². The molecule has 1 aliphatic heterocycles. The maximum atomic E-state index is 12.6. The summed E-state index contributed by atoms with van der Waals surface area (Å²) in [5.41, 5.74) is -0.329. The summed E-state index contributed by atoms with van der Waals surface area (Å²) in [6, 6.07) is 3.56. The minimum absolute atomic E-state index is 0.209. The van der Waals surface area contributed by atoms with Crippen LogP contribution < -0.4 is 5.32 Å². The van der Waals surface area contributed by atoms with E-state index in [-0.39, 0.29) is 6.54 Å². The van der Waals surface area contributed by atoms with Crippen molar-refractivity contribution in [2.75, 3.05) is 13.1 Å². The maximum absolute atomic E-state index is 12.6. The second kappa shape index (κ2) is 4.29. The summed E-state index contributed by atoms with van der Waals surface area (Å²) >= 11 is 1.38. The van der Waals surface area contributed by atoms with Crippen LogP contribution in [0.3, 0.4) is 0 Å². The third-order valence-corrected chi connectivity index (χ3v) is 2.96. The molecule has 0 fully saturated rings. The summed E-state index contributed by atoms with van der Waals surface area (Å²) in [5.74, 6) is 0. The van der Waals surface area contributed by atoms with E-state index in [1.807, 2.05) is 5.38 Å². The first kappa shape index (κ1) is 11.2. The van der Waals surface area contributed by atoms with Crippen molar-refractivity contribution in [3.05, 3.63) is 34.2 Å². The van der Waals surface area contributed by atoms with Crippen LogP contribution in [0.2, 0.25) is 0 Å². The molecule has 1 aliphatic rings. The Hall–Kier alpha value is -1.30. The van der Waals surface area contributed by atoms with E-state index in [2.05, 4.69) is 10.3 Å². The van der Waals surface area contributed by atoms with Crippen molar-refractivity contribution in [3.8, 4) is 0 Å². The Labute approximate surface area is 94.5 Å². The van der Waals surface area contributed by atoms with Crippen molar-refractivity contribution in [3.63, 3.8) is 0 Å². The average molecular weight is 246 g/mol. The first-order chi connectivity index (χ1) is 7.57. The first-order valence-corrected chi connectivity index (χ1v) is 5.56. The summed E-state index contributed by atoms with van der Waals surface area (Å²) in [6.45, 7) is 0.559. The molecule has 2 nitrogen and oxygen atoms in total. The predicted molar refractivity (Wildman–Crippen MR) is 57.9 cm³/mol. The summed E-state index contributed by atoms with van der Waals surface area (Å²) in [4.78, 5) is 4.87. The highest BCUT2D eigenvalue weighted by molar-refractivity contribution is 7.12. The second-order valence-corrected chi connectivity index (χ2v) is 4.17. The normalized spacial score (nSPS) is 17.2. The largest absolute Gasteiger partial charge is 0.430 e. The number of aliphatic imine (C=N–C) groups is 1. The lowest BCUT2D eigenvalue weighted by molar-refractivity contribution is -0.0964. The summed E-state index contributed by atoms with van der Waals surface area (Å²) in [5, 5.41) is 4.16. The lowest BCUT2D eigenvalue weighted by atomic mass is 10.2. The van der Waals surface area contributed by atoms with Gasteiger partial charge in [0.25, 0.3) is 0 Å². The quantitative estimate of drug-likeness (QED) is 0.809. The van der Waals surface area contributed by atoms with Gasteiger partial charge >= 0.3 is 6.18 Å². The van der Waals surface area contributed by atoms with Gasteiger partial charge in [0, 0.05) is 6.54 Å². The van der Waals surface area contributed by atoms with E-state index >= 15 is 0 Å². The number of rotatable bonds is 1. The molecule has 2 heterocycles. The molecule has 16 heavy (non-hydrogen) atoms.